The monoisotopic (exact) mass is 390 g/mol. The molecule has 156 valence electrons. The van der Waals surface area contributed by atoms with Gasteiger partial charge in [0.25, 0.3) is 0 Å². The van der Waals surface area contributed by atoms with Crippen LogP contribution in [0, 0.1) is 0 Å². The largest absolute Gasteiger partial charge is 0.444 e. The molecule has 7 nitrogen and oxygen atoms in total. The Labute approximate surface area is 168 Å². The highest BCUT2D eigenvalue weighted by atomic mass is 16.6. The van der Waals surface area contributed by atoms with Crippen molar-refractivity contribution in [3.8, 4) is 0 Å². The quantitative estimate of drug-likeness (QED) is 0.801. The van der Waals surface area contributed by atoms with Crippen molar-refractivity contribution in [1.82, 2.24) is 9.80 Å². The highest BCUT2D eigenvalue weighted by Gasteiger charge is 2.32. The second-order valence-electron chi connectivity index (χ2n) is 8.62. The van der Waals surface area contributed by atoms with Crippen molar-refractivity contribution in [2.24, 2.45) is 5.73 Å². The molecule has 1 fully saturated rings. The lowest BCUT2D eigenvalue weighted by molar-refractivity contribution is 0.00437. The molecule has 3 N–H and O–H groups in total. The normalized spacial score (nSPS) is 16.1. The second-order valence-corrected chi connectivity index (χ2v) is 8.62. The average molecular weight is 391 g/mol. The molecule has 2 rings (SSSR count). The molecular formula is C21H34N4O3. The molecule has 1 heterocycles. The number of para-hydroxylation sites is 1. The number of carbonyl (C=O) groups excluding carboxylic acids is 2. The number of hydrogen-bond donors (Lipinski definition) is 2. The van der Waals surface area contributed by atoms with Crippen molar-refractivity contribution < 1.29 is 14.3 Å². The molecule has 1 aliphatic heterocycles. The first-order chi connectivity index (χ1) is 13.1. The Hall–Kier alpha value is -2.28. The van der Waals surface area contributed by atoms with E-state index in [0.29, 0.717) is 18.3 Å². The maximum atomic E-state index is 13.0. The third-order valence-corrected chi connectivity index (χ3v) is 4.91. The summed E-state index contributed by atoms with van der Waals surface area (Å²) in [5.74, 6) is 0. The first-order valence-corrected chi connectivity index (χ1v) is 9.95. The zero-order valence-electron chi connectivity index (χ0n) is 17.7. The minimum atomic E-state index is -0.624. The number of carbonyl (C=O) groups is 2. The van der Waals surface area contributed by atoms with E-state index in [1.165, 1.54) is 0 Å². The van der Waals surface area contributed by atoms with E-state index in [1.54, 1.807) is 11.0 Å². The van der Waals surface area contributed by atoms with Gasteiger partial charge in [-0.1, -0.05) is 18.2 Å². The minimum absolute atomic E-state index is 0.0893. The Morgan fingerprint density at radius 3 is 2.39 bits per heavy atom. The van der Waals surface area contributed by atoms with Gasteiger partial charge in [0.15, 0.2) is 0 Å². The van der Waals surface area contributed by atoms with Crippen LogP contribution in [0.2, 0.25) is 0 Å². The lowest BCUT2D eigenvalue weighted by Gasteiger charge is -2.40. The maximum absolute atomic E-state index is 13.0. The number of likely N-dealkylation sites (tertiary alicyclic amines) is 1. The van der Waals surface area contributed by atoms with E-state index in [9.17, 15) is 9.59 Å². The number of hydrogen-bond acceptors (Lipinski definition) is 4. The first kappa shape index (κ1) is 22.0. The van der Waals surface area contributed by atoms with Crippen molar-refractivity contribution in [2.45, 2.75) is 71.7 Å². The summed E-state index contributed by atoms with van der Waals surface area (Å²) in [5, 5.41) is 2.64. The number of amides is 3. The van der Waals surface area contributed by atoms with Crippen LogP contribution >= 0.6 is 0 Å². The molecule has 1 aliphatic rings. The van der Waals surface area contributed by atoms with Gasteiger partial charge in [-0.05, 0) is 59.1 Å². The zero-order valence-corrected chi connectivity index (χ0v) is 17.7. The van der Waals surface area contributed by atoms with E-state index >= 15 is 0 Å². The van der Waals surface area contributed by atoms with Gasteiger partial charge in [-0.2, -0.15) is 0 Å². The van der Waals surface area contributed by atoms with Crippen molar-refractivity contribution >= 4 is 17.8 Å². The standard InChI is InChI=1S/C21H34N4O3/c1-15(2)24-12-10-17(11-13-24)25(20(27)28-21(3,4)5)14-16-8-6-7-9-18(16)23-19(22)26/h6-9,15,17H,10-14H2,1-5H3,(H3,22,23,26). The molecule has 0 aliphatic carbocycles. The highest BCUT2D eigenvalue weighted by Crippen LogP contribution is 2.25. The summed E-state index contributed by atoms with van der Waals surface area (Å²) in [6.07, 6.45) is 1.45. The fourth-order valence-electron chi connectivity index (χ4n) is 3.47. The third kappa shape index (κ3) is 6.41. The van der Waals surface area contributed by atoms with Crippen LogP contribution < -0.4 is 11.1 Å². The molecule has 28 heavy (non-hydrogen) atoms. The molecule has 7 heteroatoms. The number of piperidine rings is 1. The SMILES string of the molecule is CC(C)N1CCC(N(Cc2ccccc2NC(N)=O)C(=O)OC(C)(C)C)CC1. The minimum Gasteiger partial charge on any atom is -0.444 e. The molecule has 0 spiro atoms. The van der Waals surface area contributed by atoms with Gasteiger partial charge in [-0.15, -0.1) is 0 Å². The summed E-state index contributed by atoms with van der Waals surface area (Å²) in [5.41, 5.74) is 6.17. The van der Waals surface area contributed by atoms with Crippen LogP contribution in [-0.2, 0) is 11.3 Å². The summed E-state index contributed by atoms with van der Waals surface area (Å²) in [6.45, 7) is 12.2. The smallest absolute Gasteiger partial charge is 0.410 e. The summed E-state index contributed by atoms with van der Waals surface area (Å²) in [4.78, 5) is 28.5. The van der Waals surface area contributed by atoms with Gasteiger partial charge in [0.1, 0.15) is 5.60 Å². The Morgan fingerprint density at radius 1 is 1.25 bits per heavy atom. The van der Waals surface area contributed by atoms with Crippen molar-refractivity contribution in [3.63, 3.8) is 0 Å². The van der Waals surface area contributed by atoms with Gasteiger partial charge in [0.05, 0.1) is 6.54 Å². The van der Waals surface area contributed by atoms with Gasteiger partial charge in [0.2, 0.25) is 0 Å². The number of anilines is 1. The maximum Gasteiger partial charge on any atom is 0.410 e. The van der Waals surface area contributed by atoms with Crippen molar-refractivity contribution in [3.05, 3.63) is 29.8 Å². The fraction of sp³-hybridized carbons (Fsp3) is 0.619. The highest BCUT2D eigenvalue weighted by molar-refractivity contribution is 5.88. The van der Waals surface area contributed by atoms with E-state index in [2.05, 4.69) is 24.1 Å². The number of urea groups is 1. The van der Waals surface area contributed by atoms with Gasteiger partial charge < -0.3 is 25.6 Å². The zero-order chi connectivity index (χ0) is 20.9. The van der Waals surface area contributed by atoms with Crippen LogP contribution in [0.1, 0.15) is 53.0 Å². The number of nitrogens with two attached hydrogens (primary N) is 1. The molecule has 0 unspecified atom stereocenters. The Kier molecular flexibility index (Phi) is 7.29. The van der Waals surface area contributed by atoms with Gasteiger partial charge in [-0.25, -0.2) is 9.59 Å². The van der Waals surface area contributed by atoms with Gasteiger partial charge >= 0.3 is 12.1 Å². The molecule has 0 atom stereocenters. The van der Waals surface area contributed by atoms with Gasteiger partial charge in [0, 0.05) is 30.9 Å². The average Bonchev–Trinajstić information content (AvgIpc) is 2.59. The number of ether oxygens (including phenoxy) is 1. The van der Waals surface area contributed by atoms with Crippen LogP contribution in [0.3, 0.4) is 0 Å². The molecule has 0 bridgehead atoms. The Balaban J connectivity index is 2.22. The fourth-order valence-corrected chi connectivity index (χ4v) is 3.47. The molecule has 0 saturated carbocycles. The Morgan fingerprint density at radius 2 is 1.86 bits per heavy atom. The summed E-state index contributed by atoms with van der Waals surface area (Å²) in [6, 6.07) is 7.36. The lowest BCUT2D eigenvalue weighted by Crippen LogP contribution is -2.49. The van der Waals surface area contributed by atoms with Crippen LogP contribution in [0.25, 0.3) is 0 Å². The predicted octanol–water partition coefficient (Wildman–Crippen LogP) is 3.79. The lowest BCUT2D eigenvalue weighted by atomic mass is 10.0. The number of nitrogens with zero attached hydrogens (tertiary/aromatic N) is 2. The van der Waals surface area contributed by atoms with Crippen LogP contribution in [0.5, 0.6) is 0 Å². The van der Waals surface area contributed by atoms with Gasteiger partial charge in [-0.3, -0.25) is 0 Å². The summed E-state index contributed by atoms with van der Waals surface area (Å²) < 4.78 is 5.68. The third-order valence-electron chi connectivity index (χ3n) is 4.91. The first-order valence-electron chi connectivity index (χ1n) is 9.95. The molecular weight excluding hydrogens is 356 g/mol. The molecule has 1 saturated heterocycles. The molecule has 0 radical (unpaired) electrons. The van der Waals surface area contributed by atoms with E-state index in [1.807, 2.05) is 39.0 Å². The molecule has 1 aromatic rings. The predicted molar refractivity (Wildman–Crippen MR) is 111 cm³/mol. The number of benzene rings is 1. The topological polar surface area (TPSA) is 87.9 Å². The molecule has 0 aromatic heterocycles. The second kappa shape index (κ2) is 9.28. The van der Waals surface area contributed by atoms with Crippen LogP contribution in [0.15, 0.2) is 24.3 Å². The number of nitrogens with one attached hydrogen (secondary N) is 1. The van der Waals surface area contributed by atoms with E-state index < -0.39 is 11.6 Å². The van der Waals surface area contributed by atoms with E-state index in [4.69, 9.17) is 10.5 Å². The van der Waals surface area contributed by atoms with E-state index in [-0.39, 0.29) is 12.1 Å². The molecule has 3 amide bonds. The van der Waals surface area contributed by atoms with Crippen molar-refractivity contribution in [1.29, 1.82) is 0 Å². The number of rotatable bonds is 5. The molecule has 1 aromatic carbocycles. The van der Waals surface area contributed by atoms with E-state index in [0.717, 1.165) is 31.5 Å². The number of primary amides is 1. The Bertz CT molecular complexity index is 676. The summed E-state index contributed by atoms with van der Waals surface area (Å²) >= 11 is 0. The van der Waals surface area contributed by atoms with Crippen molar-refractivity contribution in [2.75, 3.05) is 18.4 Å². The summed E-state index contributed by atoms with van der Waals surface area (Å²) in [7, 11) is 0. The van der Waals surface area contributed by atoms with Crippen LogP contribution in [0.4, 0.5) is 15.3 Å². The van der Waals surface area contributed by atoms with Crippen LogP contribution in [-0.4, -0.2) is 52.7 Å².